The fourth-order valence-electron chi connectivity index (χ4n) is 3.41. The Balaban J connectivity index is 0.00000161. The molecule has 1 aromatic carbocycles. The van der Waals surface area contributed by atoms with Gasteiger partial charge in [0.1, 0.15) is 12.4 Å². The van der Waals surface area contributed by atoms with Crippen LogP contribution in [0.2, 0.25) is 5.02 Å². The van der Waals surface area contributed by atoms with Gasteiger partial charge in [-0.05, 0) is 57.0 Å². The normalized spacial score (nSPS) is 27.5. The van der Waals surface area contributed by atoms with Crippen LogP contribution in [0.25, 0.3) is 0 Å². The number of nitrogens with one attached hydrogen (secondary N) is 1. The van der Waals surface area contributed by atoms with Crippen molar-refractivity contribution in [1.29, 1.82) is 0 Å². The average molecular weight is 331 g/mol. The number of benzene rings is 1. The van der Waals surface area contributed by atoms with E-state index >= 15 is 0 Å². The van der Waals surface area contributed by atoms with Crippen molar-refractivity contribution < 1.29 is 4.74 Å². The molecule has 0 amide bonds. The van der Waals surface area contributed by atoms with Crippen LogP contribution < -0.4 is 10.1 Å². The molecular weight excluding hydrogens is 307 g/mol. The topological polar surface area (TPSA) is 24.5 Å². The van der Waals surface area contributed by atoms with Crippen LogP contribution in [0.15, 0.2) is 24.3 Å². The summed E-state index contributed by atoms with van der Waals surface area (Å²) in [5.41, 5.74) is 0. The van der Waals surface area contributed by atoms with E-state index in [0.717, 1.165) is 36.0 Å². The summed E-state index contributed by atoms with van der Waals surface area (Å²) in [5, 5.41) is 4.44. The van der Waals surface area contributed by atoms with Crippen molar-refractivity contribution in [2.24, 2.45) is 0 Å². The monoisotopic (exact) mass is 330 g/mol. The first-order chi connectivity index (χ1) is 9.70. The summed E-state index contributed by atoms with van der Waals surface area (Å²) in [6.07, 6.45) is 5.29. The molecule has 2 bridgehead atoms. The van der Waals surface area contributed by atoms with Gasteiger partial charge in [-0.2, -0.15) is 0 Å². The Morgan fingerprint density at radius 3 is 2.43 bits per heavy atom. The van der Waals surface area contributed by atoms with Crippen molar-refractivity contribution in [3.05, 3.63) is 29.3 Å². The summed E-state index contributed by atoms with van der Waals surface area (Å²) >= 11 is 5.86. The molecule has 0 spiro atoms. The van der Waals surface area contributed by atoms with E-state index in [1.54, 1.807) is 0 Å². The van der Waals surface area contributed by atoms with Crippen LogP contribution in [0, 0.1) is 0 Å². The molecule has 5 heteroatoms. The third kappa shape index (κ3) is 4.49. The van der Waals surface area contributed by atoms with Crippen molar-refractivity contribution in [3.63, 3.8) is 0 Å². The van der Waals surface area contributed by atoms with Gasteiger partial charge in [0.2, 0.25) is 0 Å². The summed E-state index contributed by atoms with van der Waals surface area (Å²) < 4.78 is 5.78. The summed E-state index contributed by atoms with van der Waals surface area (Å²) in [4.78, 5) is 2.46. The molecule has 2 aliphatic heterocycles. The molecule has 0 aliphatic carbocycles. The Bertz CT molecular complexity index is 428. The molecule has 118 valence electrons. The standard InChI is InChI=1S/C16H23ClN2O.ClH/c1-19(15-10-13-4-5-14(11-15)18-13)8-9-20-16-6-2-12(17)3-7-16;/h2-3,6-7,13-15,18H,4-5,8-11H2,1H3;1H. The Morgan fingerprint density at radius 1 is 1.19 bits per heavy atom. The summed E-state index contributed by atoms with van der Waals surface area (Å²) in [5.74, 6) is 0.896. The quantitative estimate of drug-likeness (QED) is 0.895. The fraction of sp³-hybridized carbons (Fsp3) is 0.625. The number of rotatable bonds is 5. The van der Waals surface area contributed by atoms with E-state index in [9.17, 15) is 0 Å². The van der Waals surface area contributed by atoms with E-state index < -0.39 is 0 Å². The Morgan fingerprint density at radius 2 is 1.81 bits per heavy atom. The molecule has 1 N–H and O–H groups in total. The first-order valence-corrected chi connectivity index (χ1v) is 7.93. The predicted octanol–water partition coefficient (Wildman–Crippen LogP) is 3.36. The zero-order valence-corrected chi connectivity index (χ0v) is 14.0. The van der Waals surface area contributed by atoms with E-state index in [-0.39, 0.29) is 12.4 Å². The van der Waals surface area contributed by atoms with Gasteiger partial charge in [0, 0.05) is 29.7 Å². The van der Waals surface area contributed by atoms with Crippen LogP contribution in [-0.4, -0.2) is 43.2 Å². The molecule has 3 nitrogen and oxygen atoms in total. The maximum absolute atomic E-state index is 5.86. The van der Waals surface area contributed by atoms with Crippen molar-refractivity contribution in [3.8, 4) is 5.75 Å². The molecule has 21 heavy (non-hydrogen) atoms. The van der Waals surface area contributed by atoms with Gasteiger partial charge in [0.15, 0.2) is 0 Å². The smallest absolute Gasteiger partial charge is 0.119 e. The molecule has 3 rings (SSSR count). The van der Waals surface area contributed by atoms with E-state index in [4.69, 9.17) is 16.3 Å². The average Bonchev–Trinajstić information content (AvgIpc) is 2.79. The van der Waals surface area contributed by atoms with Crippen LogP contribution in [0.3, 0.4) is 0 Å². The van der Waals surface area contributed by atoms with Gasteiger partial charge in [-0.3, -0.25) is 4.90 Å². The SMILES string of the molecule is CN(CCOc1ccc(Cl)cc1)C1CC2CCC(C1)N2.Cl. The second-order valence-electron chi connectivity index (χ2n) is 6.05. The van der Waals surface area contributed by atoms with Crippen LogP contribution in [0.1, 0.15) is 25.7 Å². The Hall–Kier alpha value is -0.480. The highest BCUT2D eigenvalue weighted by Gasteiger charge is 2.34. The fourth-order valence-corrected chi connectivity index (χ4v) is 3.53. The molecule has 2 heterocycles. The number of likely N-dealkylation sites (N-methyl/N-ethyl adjacent to an activating group) is 1. The van der Waals surface area contributed by atoms with E-state index in [2.05, 4.69) is 17.3 Å². The second kappa shape index (κ2) is 7.68. The highest BCUT2D eigenvalue weighted by molar-refractivity contribution is 6.30. The minimum Gasteiger partial charge on any atom is -0.492 e. The summed E-state index contributed by atoms with van der Waals surface area (Å²) in [6.45, 7) is 1.71. The van der Waals surface area contributed by atoms with Crippen LogP contribution >= 0.6 is 24.0 Å². The second-order valence-corrected chi connectivity index (χ2v) is 6.48. The van der Waals surface area contributed by atoms with Crippen molar-refractivity contribution in [1.82, 2.24) is 10.2 Å². The van der Waals surface area contributed by atoms with Gasteiger partial charge in [-0.1, -0.05) is 11.6 Å². The van der Waals surface area contributed by atoms with Gasteiger partial charge >= 0.3 is 0 Å². The first-order valence-electron chi connectivity index (χ1n) is 7.55. The van der Waals surface area contributed by atoms with Crippen molar-refractivity contribution in [2.45, 2.75) is 43.8 Å². The summed E-state index contributed by atoms with van der Waals surface area (Å²) in [6, 6.07) is 9.79. The molecule has 0 aromatic heterocycles. The molecule has 2 fully saturated rings. The lowest BCUT2D eigenvalue weighted by Gasteiger charge is -2.35. The van der Waals surface area contributed by atoms with Gasteiger partial charge in [-0.15, -0.1) is 12.4 Å². The van der Waals surface area contributed by atoms with Gasteiger partial charge in [-0.25, -0.2) is 0 Å². The van der Waals surface area contributed by atoms with Gasteiger partial charge in [0.25, 0.3) is 0 Å². The third-order valence-corrected chi connectivity index (χ3v) is 4.85. The van der Waals surface area contributed by atoms with Gasteiger partial charge in [0.05, 0.1) is 0 Å². The van der Waals surface area contributed by atoms with E-state index in [0.29, 0.717) is 6.04 Å². The van der Waals surface area contributed by atoms with Crippen LogP contribution in [0.4, 0.5) is 0 Å². The molecule has 0 radical (unpaired) electrons. The number of hydrogen-bond donors (Lipinski definition) is 1. The van der Waals surface area contributed by atoms with Crippen LogP contribution in [-0.2, 0) is 0 Å². The number of fused-ring (bicyclic) bond motifs is 2. The number of hydrogen-bond acceptors (Lipinski definition) is 3. The lowest BCUT2D eigenvalue weighted by Crippen LogP contribution is -2.47. The third-order valence-electron chi connectivity index (χ3n) is 4.60. The zero-order valence-electron chi connectivity index (χ0n) is 12.4. The number of halogens is 2. The minimum atomic E-state index is 0. The molecule has 2 saturated heterocycles. The maximum Gasteiger partial charge on any atom is 0.119 e. The minimum absolute atomic E-state index is 0. The summed E-state index contributed by atoms with van der Waals surface area (Å²) in [7, 11) is 2.22. The lowest BCUT2D eigenvalue weighted by molar-refractivity contribution is 0.147. The first kappa shape index (κ1) is 16.9. The van der Waals surface area contributed by atoms with Crippen molar-refractivity contribution >= 4 is 24.0 Å². The molecular formula is C16H24Cl2N2O. The molecule has 2 unspecified atom stereocenters. The van der Waals surface area contributed by atoms with E-state index in [1.807, 2.05) is 24.3 Å². The van der Waals surface area contributed by atoms with Gasteiger partial charge < -0.3 is 10.1 Å². The number of piperidine rings is 1. The van der Waals surface area contributed by atoms with Crippen LogP contribution in [0.5, 0.6) is 5.75 Å². The lowest BCUT2D eigenvalue weighted by atomic mass is 9.99. The Kier molecular flexibility index (Phi) is 6.18. The number of nitrogens with zero attached hydrogens (tertiary/aromatic N) is 1. The maximum atomic E-state index is 5.86. The molecule has 1 aromatic rings. The van der Waals surface area contributed by atoms with E-state index in [1.165, 1.54) is 25.7 Å². The molecule has 0 saturated carbocycles. The van der Waals surface area contributed by atoms with Crippen molar-refractivity contribution in [2.75, 3.05) is 20.2 Å². The Labute approximate surface area is 138 Å². The highest BCUT2D eigenvalue weighted by Crippen LogP contribution is 2.29. The predicted molar refractivity (Wildman–Crippen MR) is 89.8 cm³/mol. The number of ether oxygens (including phenoxy) is 1. The zero-order chi connectivity index (χ0) is 13.9. The highest BCUT2D eigenvalue weighted by atomic mass is 35.5. The largest absolute Gasteiger partial charge is 0.492 e. The molecule has 2 aliphatic rings. The molecule has 2 atom stereocenters.